The van der Waals surface area contributed by atoms with Gasteiger partial charge in [-0.3, -0.25) is 4.79 Å². The van der Waals surface area contributed by atoms with Crippen molar-refractivity contribution in [3.63, 3.8) is 0 Å². The maximum atomic E-state index is 12.9. The highest BCUT2D eigenvalue weighted by Crippen LogP contribution is 2.15. The van der Waals surface area contributed by atoms with Crippen molar-refractivity contribution in [1.82, 2.24) is 0 Å². The highest BCUT2D eigenvalue weighted by atomic mass is 35.5. The van der Waals surface area contributed by atoms with Gasteiger partial charge in [-0.1, -0.05) is 6.07 Å². The van der Waals surface area contributed by atoms with Crippen LogP contribution in [0.2, 0.25) is 0 Å². The van der Waals surface area contributed by atoms with E-state index in [1.54, 1.807) is 19.2 Å². The van der Waals surface area contributed by atoms with E-state index in [9.17, 15) is 9.18 Å². The highest BCUT2D eigenvalue weighted by Gasteiger charge is 2.10. The number of halogens is 2. The molecular weight excluding hydrogens is 217 g/mol. The molecule has 82 valence electrons. The SMILES string of the molecule is CN(C(=O)CCCCl)c1cccc(F)c1. The van der Waals surface area contributed by atoms with Crippen molar-refractivity contribution in [3.8, 4) is 0 Å². The number of hydrogen-bond acceptors (Lipinski definition) is 1. The van der Waals surface area contributed by atoms with Gasteiger partial charge in [-0.05, 0) is 24.6 Å². The summed E-state index contributed by atoms with van der Waals surface area (Å²) < 4.78 is 12.9. The Labute approximate surface area is 93.6 Å². The van der Waals surface area contributed by atoms with Gasteiger partial charge in [0.25, 0.3) is 0 Å². The zero-order chi connectivity index (χ0) is 11.3. The molecule has 0 saturated heterocycles. The van der Waals surface area contributed by atoms with E-state index in [1.807, 2.05) is 0 Å². The zero-order valence-corrected chi connectivity index (χ0v) is 9.30. The fourth-order valence-electron chi connectivity index (χ4n) is 1.21. The molecule has 0 radical (unpaired) electrons. The molecule has 1 aromatic carbocycles. The van der Waals surface area contributed by atoms with Gasteiger partial charge >= 0.3 is 0 Å². The third-order valence-electron chi connectivity index (χ3n) is 2.09. The van der Waals surface area contributed by atoms with Gasteiger partial charge in [-0.25, -0.2) is 4.39 Å². The summed E-state index contributed by atoms with van der Waals surface area (Å²) in [6.07, 6.45) is 1.02. The fraction of sp³-hybridized carbons (Fsp3) is 0.364. The molecule has 0 aliphatic heterocycles. The number of nitrogens with zero attached hydrogens (tertiary/aromatic N) is 1. The van der Waals surface area contributed by atoms with Crippen LogP contribution in [0, 0.1) is 5.82 Å². The first-order chi connectivity index (χ1) is 7.15. The van der Waals surface area contributed by atoms with E-state index in [-0.39, 0.29) is 11.7 Å². The lowest BCUT2D eigenvalue weighted by atomic mass is 10.2. The quantitative estimate of drug-likeness (QED) is 0.727. The number of carbonyl (C=O) groups is 1. The van der Waals surface area contributed by atoms with Gasteiger partial charge in [0.15, 0.2) is 0 Å². The second kappa shape index (κ2) is 5.71. The Kier molecular flexibility index (Phi) is 4.56. The first-order valence-corrected chi connectivity index (χ1v) is 5.26. The lowest BCUT2D eigenvalue weighted by molar-refractivity contribution is -0.118. The number of anilines is 1. The van der Waals surface area contributed by atoms with Gasteiger partial charge in [0, 0.05) is 25.0 Å². The Hall–Kier alpha value is -1.09. The summed E-state index contributed by atoms with van der Waals surface area (Å²) >= 11 is 5.49. The molecular formula is C11H13ClFNO. The predicted molar refractivity (Wildman–Crippen MR) is 59.8 cm³/mol. The maximum Gasteiger partial charge on any atom is 0.226 e. The molecule has 15 heavy (non-hydrogen) atoms. The molecule has 0 aliphatic rings. The number of rotatable bonds is 4. The van der Waals surface area contributed by atoms with Gasteiger partial charge < -0.3 is 4.90 Å². The molecule has 1 aromatic rings. The highest BCUT2D eigenvalue weighted by molar-refractivity contribution is 6.18. The predicted octanol–water partition coefficient (Wildman–Crippen LogP) is 2.81. The van der Waals surface area contributed by atoms with Crippen LogP contribution in [0.3, 0.4) is 0 Å². The van der Waals surface area contributed by atoms with E-state index in [0.717, 1.165) is 0 Å². The normalized spacial score (nSPS) is 10.1. The monoisotopic (exact) mass is 229 g/mol. The van der Waals surface area contributed by atoms with Crippen molar-refractivity contribution in [2.45, 2.75) is 12.8 Å². The van der Waals surface area contributed by atoms with Crippen molar-refractivity contribution in [2.24, 2.45) is 0 Å². The molecule has 0 spiro atoms. The van der Waals surface area contributed by atoms with E-state index < -0.39 is 0 Å². The van der Waals surface area contributed by atoms with Gasteiger partial charge in [0.05, 0.1) is 0 Å². The summed E-state index contributed by atoms with van der Waals surface area (Å²) in [7, 11) is 1.63. The lowest BCUT2D eigenvalue weighted by Crippen LogP contribution is -2.25. The van der Waals surface area contributed by atoms with Crippen LogP contribution >= 0.6 is 11.6 Å². The minimum Gasteiger partial charge on any atom is -0.315 e. The Morgan fingerprint density at radius 3 is 2.87 bits per heavy atom. The fourth-order valence-corrected chi connectivity index (χ4v) is 1.35. The van der Waals surface area contributed by atoms with E-state index in [4.69, 9.17) is 11.6 Å². The van der Waals surface area contributed by atoms with Gasteiger partial charge in [-0.2, -0.15) is 0 Å². The smallest absolute Gasteiger partial charge is 0.226 e. The van der Waals surface area contributed by atoms with Crippen LogP contribution in [0.5, 0.6) is 0 Å². The minimum absolute atomic E-state index is 0.0544. The Morgan fingerprint density at radius 1 is 1.53 bits per heavy atom. The van der Waals surface area contributed by atoms with Crippen molar-refractivity contribution in [3.05, 3.63) is 30.1 Å². The molecule has 0 atom stereocenters. The summed E-state index contributed by atoms with van der Waals surface area (Å²) in [5.41, 5.74) is 0.564. The number of hydrogen-bond donors (Lipinski definition) is 0. The second-order valence-electron chi connectivity index (χ2n) is 3.23. The Bertz CT molecular complexity index is 343. The molecule has 1 rings (SSSR count). The van der Waals surface area contributed by atoms with E-state index in [0.29, 0.717) is 24.4 Å². The van der Waals surface area contributed by atoms with Gasteiger partial charge in [0.1, 0.15) is 5.82 Å². The first kappa shape index (κ1) is 12.0. The number of amides is 1. The number of carbonyl (C=O) groups excluding carboxylic acids is 1. The van der Waals surface area contributed by atoms with E-state index in [1.165, 1.54) is 17.0 Å². The molecule has 0 fully saturated rings. The van der Waals surface area contributed by atoms with E-state index in [2.05, 4.69) is 0 Å². The molecule has 0 saturated carbocycles. The van der Waals surface area contributed by atoms with Gasteiger partial charge in [-0.15, -0.1) is 11.6 Å². The van der Waals surface area contributed by atoms with Crippen LogP contribution in [-0.2, 0) is 4.79 Å². The van der Waals surface area contributed by atoms with Crippen LogP contribution in [0.15, 0.2) is 24.3 Å². The summed E-state index contributed by atoms with van der Waals surface area (Å²) in [6.45, 7) is 0. The summed E-state index contributed by atoms with van der Waals surface area (Å²) in [4.78, 5) is 13.0. The topological polar surface area (TPSA) is 20.3 Å². The number of alkyl halides is 1. The molecule has 0 bridgehead atoms. The summed E-state index contributed by atoms with van der Waals surface area (Å²) in [6, 6.07) is 5.96. The zero-order valence-electron chi connectivity index (χ0n) is 8.54. The average Bonchev–Trinajstić information content (AvgIpc) is 2.24. The third-order valence-corrected chi connectivity index (χ3v) is 2.36. The first-order valence-electron chi connectivity index (χ1n) is 4.73. The van der Waals surface area contributed by atoms with Crippen molar-refractivity contribution >= 4 is 23.2 Å². The third kappa shape index (κ3) is 3.51. The second-order valence-corrected chi connectivity index (χ2v) is 3.60. The molecule has 0 aliphatic carbocycles. The molecule has 0 aromatic heterocycles. The maximum absolute atomic E-state index is 12.9. The van der Waals surface area contributed by atoms with Crippen LogP contribution in [0.4, 0.5) is 10.1 Å². The summed E-state index contributed by atoms with van der Waals surface area (Å²) in [5, 5.41) is 0. The van der Waals surface area contributed by atoms with E-state index >= 15 is 0 Å². The van der Waals surface area contributed by atoms with Crippen molar-refractivity contribution in [2.75, 3.05) is 17.8 Å². The average molecular weight is 230 g/mol. The van der Waals surface area contributed by atoms with Crippen LogP contribution in [0.25, 0.3) is 0 Å². The Balaban J connectivity index is 2.67. The minimum atomic E-state index is -0.343. The molecule has 2 nitrogen and oxygen atoms in total. The van der Waals surface area contributed by atoms with Crippen LogP contribution in [0.1, 0.15) is 12.8 Å². The molecule has 4 heteroatoms. The molecule has 0 heterocycles. The number of benzene rings is 1. The largest absolute Gasteiger partial charge is 0.315 e. The summed E-state index contributed by atoms with van der Waals surface area (Å²) in [5.74, 6) is 0.0636. The van der Waals surface area contributed by atoms with Crippen molar-refractivity contribution in [1.29, 1.82) is 0 Å². The molecule has 0 N–H and O–H groups in total. The standard InChI is InChI=1S/C11H13ClFNO/c1-14(11(15)6-3-7-12)10-5-2-4-9(13)8-10/h2,4-5,8H,3,6-7H2,1H3. The van der Waals surface area contributed by atoms with Crippen molar-refractivity contribution < 1.29 is 9.18 Å². The van der Waals surface area contributed by atoms with Crippen LogP contribution < -0.4 is 4.90 Å². The lowest BCUT2D eigenvalue weighted by Gasteiger charge is -2.16. The van der Waals surface area contributed by atoms with Gasteiger partial charge in [0.2, 0.25) is 5.91 Å². The Morgan fingerprint density at radius 2 is 2.27 bits per heavy atom. The molecule has 1 amide bonds. The molecule has 0 unspecified atom stereocenters. The van der Waals surface area contributed by atoms with Crippen LogP contribution in [-0.4, -0.2) is 18.8 Å².